The first-order valence-corrected chi connectivity index (χ1v) is 7.44. The topological polar surface area (TPSA) is 63.4 Å². The summed E-state index contributed by atoms with van der Waals surface area (Å²) in [6, 6.07) is 6.16. The molecule has 1 aliphatic rings. The summed E-state index contributed by atoms with van der Waals surface area (Å²) < 4.78 is 0.144. The molecule has 1 heterocycles. The Bertz CT molecular complexity index is 390. The van der Waals surface area contributed by atoms with Crippen molar-refractivity contribution in [3.8, 4) is 0 Å². The average Bonchev–Trinajstić information content (AvgIpc) is 2.39. The zero-order valence-corrected chi connectivity index (χ0v) is 10.7. The van der Waals surface area contributed by atoms with Crippen LogP contribution in [-0.4, -0.2) is 26.1 Å². The molecular formula is C11H13NO3S2. The van der Waals surface area contributed by atoms with Crippen molar-refractivity contribution in [2.75, 3.05) is 11.5 Å². The third kappa shape index (κ3) is 3.14. The van der Waals surface area contributed by atoms with Gasteiger partial charge in [-0.25, -0.2) is 0 Å². The molecule has 0 radical (unpaired) electrons. The fourth-order valence-electron chi connectivity index (χ4n) is 1.64. The fraction of sp³-hybridized carbons (Fsp3) is 0.455. The fourth-order valence-corrected chi connectivity index (χ4v) is 4.55. The van der Waals surface area contributed by atoms with Crippen LogP contribution in [0.5, 0.6) is 0 Å². The van der Waals surface area contributed by atoms with Gasteiger partial charge in [-0.1, -0.05) is 0 Å². The lowest BCUT2D eigenvalue weighted by Crippen LogP contribution is -2.16. The van der Waals surface area contributed by atoms with Crippen LogP contribution < -0.4 is 0 Å². The van der Waals surface area contributed by atoms with E-state index in [0.29, 0.717) is 0 Å². The second kappa shape index (κ2) is 5.75. The first-order valence-electron chi connectivity index (χ1n) is 5.34. The van der Waals surface area contributed by atoms with Gasteiger partial charge in [-0.05, 0) is 35.6 Å². The van der Waals surface area contributed by atoms with E-state index in [1.165, 1.54) is 18.6 Å². The van der Waals surface area contributed by atoms with Crippen LogP contribution in [0.25, 0.3) is 0 Å². The maximum absolute atomic E-state index is 10.5. The van der Waals surface area contributed by atoms with E-state index in [2.05, 4.69) is 0 Å². The second-order valence-corrected chi connectivity index (χ2v) is 6.55. The molecule has 1 N–H and O–H groups in total. The number of hydrogen-bond acceptors (Lipinski definition) is 5. The highest BCUT2D eigenvalue weighted by atomic mass is 32.2. The molecule has 6 heteroatoms. The summed E-state index contributed by atoms with van der Waals surface area (Å²) in [6.45, 7) is 0. The van der Waals surface area contributed by atoms with Crippen LogP contribution in [-0.2, 0) is 0 Å². The van der Waals surface area contributed by atoms with Gasteiger partial charge in [-0.3, -0.25) is 10.1 Å². The van der Waals surface area contributed by atoms with Gasteiger partial charge in [0.1, 0.15) is 0 Å². The van der Waals surface area contributed by atoms with Gasteiger partial charge in [0.15, 0.2) is 0 Å². The normalized spacial score (nSPS) is 18.9. The van der Waals surface area contributed by atoms with Gasteiger partial charge in [0.25, 0.3) is 5.69 Å². The van der Waals surface area contributed by atoms with Crippen molar-refractivity contribution in [1.29, 1.82) is 0 Å². The zero-order valence-electron chi connectivity index (χ0n) is 9.11. The number of hydrogen-bond donors (Lipinski definition) is 1. The third-order valence-electron chi connectivity index (χ3n) is 2.56. The number of rotatable bonds is 3. The van der Waals surface area contributed by atoms with Gasteiger partial charge in [-0.2, -0.15) is 0 Å². The summed E-state index contributed by atoms with van der Waals surface area (Å²) in [6.07, 6.45) is 0.629. The Morgan fingerprint density at radius 3 is 2.41 bits per heavy atom. The molecule has 0 aliphatic carbocycles. The predicted molar refractivity (Wildman–Crippen MR) is 71.4 cm³/mol. The largest absolute Gasteiger partial charge is 0.386 e. The predicted octanol–water partition coefficient (Wildman–Crippen LogP) is 2.82. The first kappa shape index (κ1) is 12.7. The van der Waals surface area contributed by atoms with Crippen LogP contribution in [0.4, 0.5) is 5.69 Å². The minimum Gasteiger partial charge on any atom is -0.386 e. The summed E-state index contributed by atoms with van der Waals surface area (Å²) in [5.74, 6) is 2.14. The Labute approximate surface area is 108 Å². The van der Waals surface area contributed by atoms with Crippen LogP contribution in [0, 0.1) is 10.1 Å². The second-order valence-electron chi connectivity index (χ2n) is 3.76. The van der Waals surface area contributed by atoms with Gasteiger partial charge in [-0.15, -0.1) is 23.5 Å². The quantitative estimate of drug-likeness (QED) is 0.676. The molecule has 1 aromatic rings. The number of benzene rings is 1. The average molecular weight is 271 g/mol. The van der Waals surface area contributed by atoms with Crippen LogP contribution in [0.2, 0.25) is 0 Å². The molecule has 2 rings (SSSR count). The van der Waals surface area contributed by atoms with Crippen LogP contribution in [0.3, 0.4) is 0 Å². The third-order valence-corrected chi connectivity index (χ3v) is 5.59. The molecule has 0 spiro atoms. The van der Waals surface area contributed by atoms with Gasteiger partial charge in [0, 0.05) is 12.1 Å². The molecule has 17 heavy (non-hydrogen) atoms. The number of aliphatic hydroxyl groups is 1. The van der Waals surface area contributed by atoms with Crippen molar-refractivity contribution < 1.29 is 10.0 Å². The van der Waals surface area contributed by atoms with Crippen molar-refractivity contribution in [2.45, 2.75) is 17.1 Å². The van der Waals surface area contributed by atoms with Crippen molar-refractivity contribution in [3.63, 3.8) is 0 Å². The molecule has 1 atom stereocenters. The molecule has 1 unspecified atom stereocenters. The van der Waals surface area contributed by atoms with Crippen LogP contribution in [0.1, 0.15) is 18.1 Å². The van der Waals surface area contributed by atoms with E-state index in [0.717, 1.165) is 17.1 Å². The SMILES string of the molecule is O=[N+]([O-])c1ccc(C(O)C2SCCCS2)cc1. The lowest BCUT2D eigenvalue weighted by atomic mass is 10.1. The van der Waals surface area contributed by atoms with Gasteiger partial charge >= 0.3 is 0 Å². The molecule has 1 fully saturated rings. The maximum atomic E-state index is 10.5. The molecule has 92 valence electrons. The van der Waals surface area contributed by atoms with Crippen LogP contribution >= 0.6 is 23.5 Å². The lowest BCUT2D eigenvalue weighted by Gasteiger charge is -2.25. The number of thioether (sulfide) groups is 2. The lowest BCUT2D eigenvalue weighted by molar-refractivity contribution is -0.384. The number of nitro benzene ring substituents is 1. The van der Waals surface area contributed by atoms with E-state index in [4.69, 9.17) is 0 Å². The standard InChI is InChI=1S/C11H13NO3S2/c13-10(11-16-6-1-7-17-11)8-2-4-9(5-3-8)12(14)15/h2-5,10-11,13H,1,6-7H2. The summed E-state index contributed by atoms with van der Waals surface area (Å²) in [5, 5.41) is 20.7. The number of nitro groups is 1. The molecule has 1 saturated heterocycles. The Hall–Kier alpha value is -0.720. The van der Waals surface area contributed by atoms with Crippen molar-refractivity contribution >= 4 is 29.2 Å². The number of non-ortho nitro benzene ring substituents is 1. The van der Waals surface area contributed by atoms with Crippen LogP contribution in [0.15, 0.2) is 24.3 Å². The number of aliphatic hydroxyl groups excluding tert-OH is 1. The Morgan fingerprint density at radius 2 is 1.88 bits per heavy atom. The molecule has 1 aromatic carbocycles. The highest BCUT2D eigenvalue weighted by Crippen LogP contribution is 2.39. The van der Waals surface area contributed by atoms with E-state index in [-0.39, 0.29) is 10.3 Å². The maximum Gasteiger partial charge on any atom is 0.269 e. The number of nitrogens with zero attached hydrogens (tertiary/aromatic N) is 1. The van der Waals surface area contributed by atoms with Gasteiger partial charge < -0.3 is 5.11 Å². The molecule has 0 bridgehead atoms. The highest BCUT2D eigenvalue weighted by molar-refractivity contribution is 8.17. The molecule has 4 nitrogen and oxygen atoms in total. The highest BCUT2D eigenvalue weighted by Gasteiger charge is 2.24. The molecule has 0 aromatic heterocycles. The summed E-state index contributed by atoms with van der Waals surface area (Å²) in [5.41, 5.74) is 0.812. The Balaban J connectivity index is 2.07. The summed E-state index contributed by atoms with van der Waals surface area (Å²) in [7, 11) is 0. The zero-order chi connectivity index (χ0) is 12.3. The van der Waals surface area contributed by atoms with Crippen molar-refractivity contribution in [2.24, 2.45) is 0 Å². The molecule has 1 aliphatic heterocycles. The van der Waals surface area contributed by atoms with Crippen molar-refractivity contribution in [3.05, 3.63) is 39.9 Å². The first-order chi connectivity index (χ1) is 8.18. The Kier molecular flexibility index (Phi) is 4.31. The minimum atomic E-state index is -0.550. The molecule has 0 amide bonds. The van der Waals surface area contributed by atoms with Gasteiger partial charge in [0.2, 0.25) is 0 Å². The van der Waals surface area contributed by atoms with E-state index in [9.17, 15) is 15.2 Å². The van der Waals surface area contributed by atoms with E-state index in [1.807, 2.05) is 0 Å². The van der Waals surface area contributed by atoms with E-state index in [1.54, 1.807) is 35.7 Å². The summed E-state index contributed by atoms with van der Waals surface area (Å²) in [4.78, 5) is 10.1. The van der Waals surface area contributed by atoms with E-state index >= 15 is 0 Å². The van der Waals surface area contributed by atoms with Gasteiger partial charge in [0.05, 0.1) is 15.6 Å². The monoisotopic (exact) mass is 271 g/mol. The van der Waals surface area contributed by atoms with Crippen molar-refractivity contribution in [1.82, 2.24) is 0 Å². The summed E-state index contributed by atoms with van der Waals surface area (Å²) >= 11 is 3.51. The Morgan fingerprint density at radius 1 is 1.29 bits per heavy atom. The minimum absolute atomic E-state index is 0.0601. The molecular weight excluding hydrogens is 258 g/mol. The van der Waals surface area contributed by atoms with E-state index < -0.39 is 11.0 Å². The molecule has 0 saturated carbocycles. The smallest absolute Gasteiger partial charge is 0.269 e.